The van der Waals surface area contributed by atoms with Gasteiger partial charge in [-0.2, -0.15) is 0 Å². The first-order chi connectivity index (χ1) is 8.31. The molecule has 0 aliphatic carbocycles. The van der Waals surface area contributed by atoms with Crippen LogP contribution in [0.5, 0.6) is 0 Å². The molecule has 0 aliphatic rings. The van der Waals surface area contributed by atoms with Crippen LogP contribution in [0.15, 0.2) is 48.5 Å². The van der Waals surface area contributed by atoms with Crippen LogP contribution < -0.4 is 16.8 Å². The number of rotatable bonds is 4. The first kappa shape index (κ1) is 14.8. The number of hydrogen-bond acceptors (Lipinski definition) is 3. The maximum atomic E-state index is 5.55. The van der Waals surface area contributed by atoms with E-state index in [4.69, 9.17) is 11.5 Å². The van der Waals surface area contributed by atoms with Gasteiger partial charge in [0.05, 0.1) is 0 Å². The third-order valence-electron chi connectivity index (χ3n) is 2.67. The minimum atomic E-state index is 0. The number of anilines is 2. The Bertz CT molecular complexity index is 420. The van der Waals surface area contributed by atoms with Gasteiger partial charge in [0.25, 0.3) is 0 Å². The van der Waals surface area contributed by atoms with Gasteiger partial charge >= 0.3 is 18.9 Å². The Morgan fingerprint density at radius 1 is 0.667 bits per heavy atom. The van der Waals surface area contributed by atoms with Crippen LogP contribution in [0.4, 0.5) is 11.4 Å². The molecule has 0 spiro atoms. The zero-order valence-electron chi connectivity index (χ0n) is 9.69. The summed E-state index contributed by atoms with van der Waals surface area (Å²) in [6, 6.07) is 16.2. The minimum absolute atomic E-state index is 0. The number of nitrogens with two attached hydrogens (primary N) is 2. The van der Waals surface area contributed by atoms with Crippen LogP contribution in [0.1, 0.15) is 11.1 Å². The molecule has 0 saturated heterocycles. The van der Waals surface area contributed by atoms with Gasteiger partial charge in [-0.3, -0.25) is 0 Å². The molecular formula is C14H18LiN3. The number of nitrogens with one attached hydrogen (secondary N) is 1. The summed E-state index contributed by atoms with van der Waals surface area (Å²) in [4.78, 5) is 0. The summed E-state index contributed by atoms with van der Waals surface area (Å²) < 4.78 is 0. The Labute approximate surface area is 120 Å². The van der Waals surface area contributed by atoms with Crippen LogP contribution in [0, 0.1) is 0 Å². The van der Waals surface area contributed by atoms with Gasteiger partial charge in [-0.1, -0.05) is 24.3 Å². The third kappa shape index (κ3) is 3.90. The molecule has 2 aromatic rings. The van der Waals surface area contributed by atoms with E-state index in [9.17, 15) is 0 Å². The van der Waals surface area contributed by atoms with Gasteiger partial charge in [-0.15, -0.1) is 0 Å². The molecule has 0 aromatic heterocycles. The maximum absolute atomic E-state index is 5.55. The second-order valence-corrected chi connectivity index (χ2v) is 3.93. The van der Waals surface area contributed by atoms with Crippen LogP contribution in [-0.4, -0.2) is 18.9 Å². The second kappa shape index (κ2) is 7.25. The molecule has 90 valence electrons. The summed E-state index contributed by atoms with van der Waals surface area (Å²) in [6.45, 7) is 1.15. The van der Waals surface area contributed by atoms with Crippen LogP contribution >= 0.6 is 0 Å². The average Bonchev–Trinajstić information content (AvgIpc) is 2.40. The van der Waals surface area contributed by atoms with Gasteiger partial charge in [0, 0.05) is 24.5 Å². The molecule has 0 aliphatic heterocycles. The fourth-order valence-corrected chi connectivity index (χ4v) is 1.61. The molecule has 0 unspecified atom stereocenters. The summed E-state index contributed by atoms with van der Waals surface area (Å²) >= 11 is 0. The van der Waals surface area contributed by atoms with E-state index in [2.05, 4.69) is 5.32 Å². The van der Waals surface area contributed by atoms with Gasteiger partial charge in [-0.25, -0.2) is 0 Å². The third-order valence-corrected chi connectivity index (χ3v) is 2.67. The van der Waals surface area contributed by atoms with E-state index in [0.717, 1.165) is 22.5 Å². The van der Waals surface area contributed by atoms with Gasteiger partial charge in [-0.05, 0) is 35.4 Å². The summed E-state index contributed by atoms with van der Waals surface area (Å²) in [6.07, 6.45) is 0. The zero-order chi connectivity index (χ0) is 12.1. The monoisotopic (exact) mass is 235 g/mol. The Hall–Kier alpha value is -1.24. The molecule has 0 fully saturated rings. The van der Waals surface area contributed by atoms with E-state index < -0.39 is 0 Å². The first-order valence-electron chi connectivity index (χ1n) is 5.67. The molecule has 0 heterocycles. The van der Waals surface area contributed by atoms with Gasteiger partial charge in [0.2, 0.25) is 0 Å². The van der Waals surface area contributed by atoms with Crippen LogP contribution in [0.25, 0.3) is 0 Å². The van der Waals surface area contributed by atoms with E-state index >= 15 is 0 Å². The molecule has 4 heteroatoms. The normalized spacial score (nSPS) is 9.67. The molecule has 0 radical (unpaired) electrons. The van der Waals surface area contributed by atoms with Crippen LogP contribution in [-0.2, 0) is 13.1 Å². The van der Waals surface area contributed by atoms with Gasteiger partial charge in [0.15, 0.2) is 0 Å². The molecule has 5 N–H and O–H groups in total. The van der Waals surface area contributed by atoms with E-state index in [1.54, 1.807) is 0 Å². The van der Waals surface area contributed by atoms with Crippen molar-refractivity contribution in [2.24, 2.45) is 11.5 Å². The van der Waals surface area contributed by atoms with Crippen molar-refractivity contribution >= 4 is 30.2 Å². The summed E-state index contributed by atoms with van der Waals surface area (Å²) in [5.41, 5.74) is 15.5. The van der Waals surface area contributed by atoms with E-state index in [0.29, 0.717) is 13.1 Å². The molecule has 2 rings (SSSR count). The predicted molar refractivity (Wildman–Crippen MR) is 79.1 cm³/mol. The SMILES string of the molecule is NCc1ccc(Nc2ccc(CN)cc2)cc1.[LiH]. The summed E-state index contributed by atoms with van der Waals surface area (Å²) in [5.74, 6) is 0. The van der Waals surface area contributed by atoms with Gasteiger partial charge in [0.1, 0.15) is 0 Å². The Balaban J connectivity index is 0.00000162. The molecule has 0 bridgehead atoms. The zero-order valence-corrected chi connectivity index (χ0v) is 9.69. The molecule has 0 amide bonds. The van der Waals surface area contributed by atoms with Crippen LogP contribution in [0.2, 0.25) is 0 Å². The molecule has 0 atom stereocenters. The van der Waals surface area contributed by atoms with Crippen molar-refractivity contribution in [3.8, 4) is 0 Å². The standard InChI is InChI=1S/C14H17N3.Li.H/c15-9-11-1-5-13(6-2-11)17-14-7-3-12(10-16)4-8-14;;/h1-8,17H,9-10,15-16H2;;. The van der Waals surface area contributed by atoms with E-state index in [-0.39, 0.29) is 18.9 Å². The quantitative estimate of drug-likeness (QED) is 0.707. The molecule has 2 aromatic carbocycles. The van der Waals surface area contributed by atoms with E-state index in [1.165, 1.54) is 0 Å². The second-order valence-electron chi connectivity index (χ2n) is 3.93. The predicted octanol–water partition coefficient (Wildman–Crippen LogP) is 1.70. The van der Waals surface area contributed by atoms with Crippen molar-refractivity contribution in [2.75, 3.05) is 5.32 Å². The summed E-state index contributed by atoms with van der Waals surface area (Å²) in [7, 11) is 0. The van der Waals surface area contributed by atoms with Crippen molar-refractivity contribution in [1.82, 2.24) is 0 Å². The summed E-state index contributed by atoms with van der Waals surface area (Å²) in [5, 5.41) is 3.32. The Morgan fingerprint density at radius 3 is 1.28 bits per heavy atom. The van der Waals surface area contributed by atoms with Crippen molar-refractivity contribution in [3.63, 3.8) is 0 Å². The number of hydrogen-bond donors (Lipinski definition) is 3. The van der Waals surface area contributed by atoms with E-state index in [1.807, 2.05) is 48.5 Å². The number of benzene rings is 2. The topological polar surface area (TPSA) is 64.1 Å². The molecular weight excluding hydrogens is 217 g/mol. The van der Waals surface area contributed by atoms with Crippen molar-refractivity contribution in [2.45, 2.75) is 13.1 Å². The van der Waals surface area contributed by atoms with Crippen molar-refractivity contribution in [1.29, 1.82) is 0 Å². The van der Waals surface area contributed by atoms with Crippen LogP contribution in [0.3, 0.4) is 0 Å². The van der Waals surface area contributed by atoms with Crippen molar-refractivity contribution < 1.29 is 0 Å². The van der Waals surface area contributed by atoms with Crippen molar-refractivity contribution in [3.05, 3.63) is 59.7 Å². The first-order valence-corrected chi connectivity index (χ1v) is 5.67. The van der Waals surface area contributed by atoms with Gasteiger partial charge < -0.3 is 16.8 Å². The Morgan fingerprint density at radius 2 is 1.00 bits per heavy atom. The molecule has 18 heavy (non-hydrogen) atoms. The fourth-order valence-electron chi connectivity index (χ4n) is 1.61. The molecule has 0 saturated carbocycles. The fraction of sp³-hybridized carbons (Fsp3) is 0.143. The average molecular weight is 235 g/mol. The Kier molecular flexibility index (Phi) is 5.97. The molecule has 3 nitrogen and oxygen atoms in total.